The lowest BCUT2D eigenvalue weighted by Gasteiger charge is -2.08. The van der Waals surface area contributed by atoms with Gasteiger partial charge in [-0.15, -0.1) is 0 Å². The molecule has 0 heterocycles. The van der Waals surface area contributed by atoms with E-state index in [4.69, 9.17) is 5.11 Å². The normalized spacial score (nSPS) is 13.4. The van der Waals surface area contributed by atoms with Crippen LogP contribution < -0.4 is 0 Å². The summed E-state index contributed by atoms with van der Waals surface area (Å²) in [7, 11) is 0. The van der Waals surface area contributed by atoms with Gasteiger partial charge in [-0.25, -0.2) is 4.79 Å². The first-order chi connectivity index (χ1) is 7.43. The molecule has 92 valence electrons. The Kier molecular flexibility index (Phi) is 7.61. The number of allylic oxidation sites excluding steroid dienone is 3. The summed E-state index contributed by atoms with van der Waals surface area (Å²) >= 11 is 0. The Morgan fingerprint density at radius 1 is 1.12 bits per heavy atom. The molecule has 0 fully saturated rings. The van der Waals surface area contributed by atoms with Gasteiger partial charge in [0.05, 0.1) is 0 Å². The van der Waals surface area contributed by atoms with E-state index in [0.717, 1.165) is 19.3 Å². The lowest BCUT2D eigenvalue weighted by molar-refractivity contribution is -0.132. The van der Waals surface area contributed by atoms with Gasteiger partial charge in [0.15, 0.2) is 0 Å². The monoisotopic (exact) mass is 224 g/mol. The molecule has 1 atom stereocenters. The van der Waals surface area contributed by atoms with Gasteiger partial charge in [0.25, 0.3) is 0 Å². The van der Waals surface area contributed by atoms with Crippen LogP contribution >= 0.6 is 0 Å². The van der Waals surface area contributed by atoms with Gasteiger partial charge in [0, 0.05) is 5.57 Å². The second kappa shape index (κ2) is 8.14. The van der Waals surface area contributed by atoms with Crippen molar-refractivity contribution >= 4 is 5.97 Å². The minimum absolute atomic E-state index is 0.455. The fourth-order valence-corrected chi connectivity index (χ4v) is 1.47. The summed E-state index contributed by atoms with van der Waals surface area (Å²) < 4.78 is 0. The van der Waals surface area contributed by atoms with E-state index >= 15 is 0 Å². The summed E-state index contributed by atoms with van der Waals surface area (Å²) in [4.78, 5) is 10.5. The third-order valence-corrected chi connectivity index (χ3v) is 2.66. The highest BCUT2D eigenvalue weighted by Crippen LogP contribution is 2.14. The molecule has 2 nitrogen and oxygen atoms in total. The molecular formula is C14H24O2. The Morgan fingerprint density at radius 2 is 1.62 bits per heavy atom. The van der Waals surface area contributed by atoms with Crippen LogP contribution in [0.15, 0.2) is 23.3 Å². The number of aliphatic carboxylic acids is 1. The largest absolute Gasteiger partial charge is 0.478 e. The van der Waals surface area contributed by atoms with Crippen molar-refractivity contribution in [3.8, 4) is 0 Å². The summed E-state index contributed by atoms with van der Waals surface area (Å²) in [5.41, 5.74) is 1.82. The fraction of sp³-hybridized carbons (Fsp3) is 0.643. The molecule has 0 bridgehead atoms. The summed E-state index contributed by atoms with van der Waals surface area (Å²) in [6.07, 6.45) is 8.33. The van der Waals surface area contributed by atoms with Crippen molar-refractivity contribution in [3.05, 3.63) is 23.3 Å². The molecule has 0 aromatic carbocycles. The van der Waals surface area contributed by atoms with Crippen molar-refractivity contribution in [2.24, 2.45) is 5.92 Å². The average molecular weight is 224 g/mol. The van der Waals surface area contributed by atoms with Crippen molar-refractivity contribution < 1.29 is 9.90 Å². The summed E-state index contributed by atoms with van der Waals surface area (Å²) in [5, 5.41) is 8.67. The smallest absolute Gasteiger partial charge is 0.330 e. The Morgan fingerprint density at radius 3 is 2.06 bits per heavy atom. The van der Waals surface area contributed by atoms with E-state index < -0.39 is 5.97 Å². The van der Waals surface area contributed by atoms with Gasteiger partial charge in [-0.1, -0.05) is 24.6 Å². The quantitative estimate of drug-likeness (QED) is 0.520. The fourth-order valence-electron chi connectivity index (χ4n) is 1.47. The van der Waals surface area contributed by atoms with Crippen LogP contribution in [0.4, 0.5) is 0 Å². The zero-order chi connectivity index (χ0) is 12.6. The van der Waals surface area contributed by atoms with Crippen LogP contribution in [0.2, 0.25) is 0 Å². The number of hydrogen-bond acceptors (Lipinski definition) is 1. The van der Waals surface area contributed by atoms with Gasteiger partial charge < -0.3 is 5.11 Å². The van der Waals surface area contributed by atoms with Crippen molar-refractivity contribution in [2.75, 3.05) is 0 Å². The Balaban J connectivity index is 3.74. The van der Waals surface area contributed by atoms with Gasteiger partial charge in [-0.05, 0) is 52.4 Å². The third-order valence-electron chi connectivity index (χ3n) is 2.66. The molecule has 0 saturated heterocycles. The standard InChI is InChI=1S/C14H24O2/c1-11(2)7-5-8-12(3)9-6-10-13(4)14(15)16/h7,10,12H,5-6,8-9H2,1-4H3,(H,15,16)/b13-10+/t12-/m1/s1. The van der Waals surface area contributed by atoms with Gasteiger partial charge >= 0.3 is 5.97 Å². The third kappa shape index (κ3) is 8.27. The number of carboxylic acids is 1. The van der Waals surface area contributed by atoms with Gasteiger partial charge in [-0.2, -0.15) is 0 Å². The van der Waals surface area contributed by atoms with E-state index in [1.165, 1.54) is 12.0 Å². The molecule has 0 spiro atoms. The van der Waals surface area contributed by atoms with Crippen molar-refractivity contribution in [1.82, 2.24) is 0 Å². The molecule has 0 aliphatic heterocycles. The molecule has 0 aromatic rings. The minimum atomic E-state index is -0.808. The topological polar surface area (TPSA) is 37.3 Å². The predicted molar refractivity (Wildman–Crippen MR) is 68.5 cm³/mol. The maximum absolute atomic E-state index is 10.5. The highest BCUT2D eigenvalue weighted by molar-refractivity contribution is 5.85. The highest BCUT2D eigenvalue weighted by atomic mass is 16.4. The van der Waals surface area contributed by atoms with E-state index in [9.17, 15) is 4.79 Å². The molecule has 16 heavy (non-hydrogen) atoms. The minimum Gasteiger partial charge on any atom is -0.478 e. The molecule has 2 heteroatoms. The maximum Gasteiger partial charge on any atom is 0.330 e. The zero-order valence-electron chi connectivity index (χ0n) is 10.9. The van der Waals surface area contributed by atoms with Crippen LogP contribution in [0.3, 0.4) is 0 Å². The molecule has 0 radical (unpaired) electrons. The van der Waals surface area contributed by atoms with Crippen molar-refractivity contribution in [2.45, 2.75) is 53.4 Å². The summed E-state index contributed by atoms with van der Waals surface area (Å²) in [6.45, 7) is 8.10. The predicted octanol–water partition coefficient (Wildman–Crippen LogP) is 4.18. The van der Waals surface area contributed by atoms with Gasteiger partial charge in [0.1, 0.15) is 0 Å². The van der Waals surface area contributed by atoms with Crippen molar-refractivity contribution in [3.63, 3.8) is 0 Å². The second-order valence-corrected chi connectivity index (χ2v) is 4.73. The van der Waals surface area contributed by atoms with Gasteiger partial charge in [0.2, 0.25) is 0 Å². The number of carboxylic acid groups (broad SMARTS) is 1. The SMILES string of the molecule is CC(C)=CCC[C@@H](C)CC/C=C(\C)C(=O)O. The Bertz CT molecular complexity index is 270. The Hall–Kier alpha value is -1.05. The molecule has 0 rings (SSSR count). The Labute approximate surface area is 99.1 Å². The maximum atomic E-state index is 10.5. The summed E-state index contributed by atoms with van der Waals surface area (Å²) in [5.74, 6) is -0.148. The molecule has 0 amide bonds. The van der Waals surface area contributed by atoms with E-state index in [1.54, 1.807) is 6.92 Å². The second-order valence-electron chi connectivity index (χ2n) is 4.73. The highest BCUT2D eigenvalue weighted by Gasteiger charge is 2.02. The number of carbonyl (C=O) groups is 1. The van der Waals surface area contributed by atoms with Crippen molar-refractivity contribution in [1.29, 1.82) is 0 Å². The summed E-state index contributed by atoms with van der Waals surface area (Å²) in [6, 6.07) is 0. The van der Waals surface area contributed by atoms with Crippen LogP contribution in [-0.4, -0.2) is 11.1 Å². The van der Waals surface area contributed by atoms with E-state index in [1.807, 2.05) is 6.08 Å². The number of hydrogen-bond donors (Lipinski definition) is 1. The van der Waals surface area contributed by atoms with Crippen LogP contribution in [0.5, 0.6) is 0 Å². The molecule has 0 aliphatic rings. The molecule has 1 N–H and O–H groups in total. The van der Waals surface area contributed by atoms with E-state index in [-0.39, 0.29) is 0 Å². The molecule has 0 aliphatic carbocycles. The van der Waals surface area contributed by atoms with Crippen LogP contribution in [0.25, 0.3) is 0 Å². The average Bonchev–Trinajstić information content (AvgIpc) is 2.16. The van der Waals surface area contributed by atoms with Crippen LogP contribution in [0, 0.1) is 5.92 Å². The first-order valence-electron chi connectivity index (χ1n) is 5.97. The van der Waals surface area contributed by atoms with E-state index in [0.29, 0.717) is 11.5 Å². The van der Waals surface area contributed by atoms with Gasteiger partial charge in [-0.3, -0.25) is 0 Å². The van der Waals surface area contributed by atoms with Crippen LogP contribution in [0.1, 0.15) is 53.4 Å². The first-order valence-corrected chi connectivity index (χ1v) is 5.97. The lowest BCUT2D eigenvalue weighted by atomic mass is 9.98. The molecule has 0 saturated carbocycles. The lowest BCUT2D eigenvalue weighted by Crippen LogP contribution is -1.97. The number of rotatable bonds is 7. The van der Waals surface area contributed by atoms with E-state index in [2.05, 4.69) is 26.8 Å². The zero-order valence-corrected chi connectivity index (χ0v) is 10.9. The van der Waals surface area contributed by atoms with Crippen LogP contribution in [-0.2, 0) is 4.79 Å². The molecule has 0 unspecified atom stereocenters. The first kappa shape index (κ1) is 14.9. The molecular weight excluding hydrogens is 200 g/mol. The molecule has 0 aromatic heterocycles.